The molecular formula is C24H21NO5. The first-order chi connectivity index (χ1) is 14.3. The monoisotopic (exact) mass is 403 g/mol. The Morgan fingerprint density at radius 2 is 1.80 bits per heavy atom. The van der Waals surface area contributed by atoms with Crippen molar-refractivity contribution in [2.24, 2.45) is 5.92 Å². The number of carboxylic acids is 1. The van der Waals surface area contributed by atoms with Gasteiger partial charge in [-0.25, -0.2) is 4.79 Å². The maximum Gasteiger partial charge on any atom is 0.327 e. The van der Waals surface area contributed by atoms with Gasteiger partial charge in [0.2, 0.25) is 5.78 Å². The van der Waals surface area contributed by atoms with Gasteiger partial charge in [0.05, 0.1) is 0 Å². The van der Waals surface area contributed by atoms with Gasteiger partial charge in [-0.15, -0.1) is 0 Å². The third-order valence-electron chi connectivity index (χ3n) is 5.81. The minimum atomic E-state index is -1.10. The summed E-state index contributed by atoms with van der Waals surface area (Å²) in [6.07, 6.45) is 3.32. The SMILES string of the molecule is CC[C@H](C)[C@H](C(=O)O)n1cc2c3c(c(-c4ccccc4)ccc3c1=O)C(=O)C(O)=C2. The Kier molecular flexibility index (Phi) is 4.78. The second-order valence-corrected chi connectivity index (χ2v) is 7.60. The summed E-state index contributed by atoms with van der Waals surface area (Å²) in [6.45, 7) is 3.65. The molecule has 0 radical (unpaired) electrons. The van der Waals surface area contributed by atoms with Gasteiger partial charge in [0.15, 0.2) is 5.76 Å². The number of ketones is 1. The van der Waals surface area contributed by atoms with Crippen molar-refractivity contribution in [2.75, 3.05) is 0 Å². The molecule has 6 heteroatoms. The van der Waals surface area contributed by atoms with E-state index >= 15 is 0 Å². The van der Waals surface area contributed by atoms with Gasteiger partial charge in [0.1, 0.15) is 6.04 Å². The van der Waals surface area contributed by atoms with Crippen LogP contribution in [0, 0.1) is 5.92 Å². The highest BCUT2D eigenvalue weighted by Gasteiger charge is 2.31. The van der Waals surface area contributed by atoms with Crippen molar-refractivity contribution in [3.63, 3.8) is 0 Å². The molecule has 4 rings (SSSR count). The third-order valence-corrected chi connectivity index (χ3v) is 5.81. The van der Waals surface area contributed by atoms with Crippen LogP contribution in [0.4, 0.5) is 0 Å². The summed E-state index contributed by atoms with van der Waals surface area (Å²) >= 11 is 0. The van der Waals surface area contributed by atoms with E-state index in [4.69, 9.17) is 0 Å². The lowest BCUT2D eigenvalue weighted by Gasteiger charge is -2.24. The maximum absolute atomic E-state index is 13.3. The van der Waals surface area contributed by atoms with Crippen molar-refractivity contribution in [3.05, 3.63) is 75.9 Å². The van der Waals surface area contributed by atoms with Crippen molar-refractivity contribution in [3.8, 4) is 11.1 Å². The van der Waals surface area contributed by atoms with E-state index in [1.807, 2.05) is 37.3 Å². The Bertz CT molecular complexity index is 1270. The number of aliphatic carboxylic acids is 1. The van der Waals surface area contributed by atoms with Crippen LogP contribution in [-0.2, 0) is 4.79 Å². The molecule has 3 aromatic rings. The summed E-state index contributed by atoms with van der Waals surface area (Å²) in [5.74, 6) is -2.37. The highest BCUT2D eigenvalue weighted by molar-refractivity contribution is 6.24. The highest BCUT2D eigenvalue weighted by atomic mass is 16.4. The Hall–Kier alpha value is -3.67. The molecule has 0 saturated carbocycles. The van der Waals surface area contributed by atoms with E-state index in [0.29, 0.717) is 22.9 Å². The van der Waals surface area contributed by atoms with E-state index in [9.17, 15) is 24.6 Å². The Balaban J connectivity index is 2.09. The minimum Gasteiger partial charge on any atom is -0.504 e. The van der Waals surface area contributed by atoms with Gasteiger partial charge in [0.25, 0.3) is 5.56 Å². The first kappa shape index (κ1) is 19.6. The average Bonchev–Trinajstić information content (AvgIpc) is 2.74. The van der Waals surface area contributed by atoms with Gasteiger partial charge in [-0.3, -0.25) is 14.2 Å². The number of carbonyl (C=O) groups excluding carboxylic acids is 1. The fourth-order valence-corrected chi connectivity index (χ4v) is 4.10. The lowest BCUT2D eigenvalue weighted by molar-refractivity contribution is -0.142. The van der Waals surface area contributed by atoms with Crippen LogP contribution in [0.15, 0.2) is 59.2 Å². The van der Waals surface area contributed by atoms with Crippen molar-refractivity contribution in [1.82, 2.24) is 4.57 Å². The molecule has 30 heavy (non-hydrogen) atoms. The Morgan fingerprint density at radius 3 is 2.43 bits per heavy atom. The summed E-state index contributed by atoms with van der Waals surface area (Å²) in [5, 5.41) is 20.8. The molecule has 1 heterocycles. The number of allylic oxidation sites excluding steroid dienone is 1. The molecule has 1 aliphatic rings. The standard InChI is InChI=1S/C24H21NO5/c1-3-13(2)21(24(29)30)25-12-15-11-18(26)22(27)20-16(14-7-5-4-6-8-14)9-10-17(19(15)20)23(25)28/h4-13,21,26H,3H2,1-2H3,(H,29,30)/t13-,21+/m0/s1. The fraction of sp³-hybridized carbons (Fsp3) is 0.208. The highest BCUT2D eigenvalue weighted by Crippen LogP contribution is 2.37. The van der Waals surface area contributed by atoms with Crippen LogP contribution in [0.1, 0.15) is 42.2 Å². The zero-order chi connectivity index (χ0) is 21.6. The topological polar surface area (TPSA) is 96.6 Å². The second kappa shape index (κ2) is 7.30. The first-order valence-electron chi connectivity index (χ1n) is 9.80. The molecule has 0 amide bonds. The number of aliphatic hydroxyl groups excluding tert-OH is 1. The molecule has 152 valence electrons. The summed E-state index contributed by atoms with van der Waals surface area (Å²) < 4.78 is 1.21. The van der Waals surface area contributed by atoms with E-state index in [2.05, 4.69) is 0 Å². The Labute approximate surface area is 172 Å². The van der Waals surface area contributed by atoms with Crippen molar-refractivity contribution < 1.29 is 19.8 Å². The summed E-state index contributed by atoms with van der Waals surface area (Å²) in [6, 6.07) is 11.5. The van der Waals surface area contributed by atoms with Gasteiger partial charge in [-0.2, -0.15) is 0 Å². The number of aliphatic hydroxyl groups is 1. The number of pyridine rings is 1. The number of carboxylic acid groups (broad SMARTS) is 1. The number of hydrogen-bond donors (Lipinski definition) is 2. The van der Waals surface area contributed by atoms with Gasteiger partial charge in [0, 0.05) is 28.1 Å². The molecule has 0 aliphatic heterocycles. The smallest absolute Gasteiger partial charge is 0.327 e. The van der Waals surface area contributed by atoms with Crippen LogP contribution in [0.3, 0.4) is 0 Å². The Morgan fingerprint density at radius 1 is 1.10 bits per heavy atom. The quantitative estimate of drug-likeness (QED) is 0.657. The largest absolute Gasteiger partial charge is 0.504 e. The number of benzene rings is 2. The van der Waals surface area contributed by atoms with Crippen LogP contribution in [0.25, 0.3) is 28.0 Å². The number of Topliss-reactive ketones (excluding diaryl/α,β-unsaturated/α-hetero) is 1. The third kappa shape index (κ3) is 2.92. The second-order valence-electron chi connectivity index (χ2n) is 7.60. The number of carbonyl (C=O) groups is 2. The molecule has 1 aromatic heterocycles. The fourth-order valence-electron chi connectivity index (χ4n) is 4.10. The van der Waals surface area contributed by atoms with E-state index < -0.39 is 29.1 Å². The minimum absolute atomic E-state index is 0.258. The van der Waals surface area contributed by atoms with E-state index in [-0.39, 0.29) is 16.9 Å². The van der Waals surface area contributed by atoms with Crippen molar-refractivity contribution in [1.29, 1.82) is 0 Å². The zero-order valence-electron chi connectivity index (χ0n) is 16.6. The molecule has 2 N–H and O–H groups in total. The molecule has 2 atom stereocenters. The van der Waals surface area contributed by atoms with E-state index in [1.165, 1.54) is 16.8 Å². The molecule has 1 aliphatic carbocycles. The lowest BCUT2D eigenvalue weighted by atomic mass is 9.86. The summed E-state index contributed by atoms with van der Waals surface area (Å²) in [4.78, 5) is 38.1. The molecule has 0 saturated heterocycles. The molecule has 0 spiro atoms. The molecule has 0 bridgehead atoms. The summed E-state index contributed by atoms with van der Waals surface area (Å²) in [5.41, 5.74) is 1.64. The van der Waals surface area contributed by atoms with Gasteiger partial charge in [-0.1, -0.05) is 56.7 Å². The zero-order valence-corrected chi connectivity index (χ0v) is 16.6. The van der Waals surface area contributed by atoms with Crippen LogP contribution in [0.2, 0.25) is 0 Å². The molecule has 2 aromatic carbocycles. The van der Waals surface area contributed by atoms with Gasteiger partial charge < -0.3 is 10.2 Å². The van der Waals surface area contributed by atoms with Crippen LogP contribution in [0.5, 0.6) is 0 Å². The molecular weight excluding hydrogens is 382 g/mol. The number of hydrogen-bond acceptors (Lipinski definition) is 4. The number of aromatic nitrogens is 1. The van der Waals surface area contributed by atoms with Crippen LogP contribution in [-0.4, -0.2) is 26.5 Å². The maximum atomic E-state index is 13.3. The predicted molar refractivity (Wildman–Crippen MR) is 115 cm³/mol. The van der Waals surface area contributed by atoms with Crippen molar-refractivity contribution in [2.45, 2.75) is 26.3 Å². The lowest BCUT2D eigenvalue weighted by Crippen LogP contribution is -2.34. The van der Waals surface area contributed by atoms with E-state index in [0.717, 1.165) is 5.56 Å². The number of nitrogens with zero attached hydrogens (tertiary/aromatic N) is 1. The summed E-state index contributed by atoms with van der Waals surface area (Å²) in [7, 11) is 0. The predicted octanol–water partition coefficient (Wildman–Crippen LogP) is 4.44. The molecule has 0 fully saturated rings. The normalized spacial score (nSPS) is 15.0. The van der Waals surface area contributed by atoms with Crippen LogP contribution < -0.4 is 5.56 Å². The van der Waals surface area contributed by atoms with Gasteiger partial charge in [-0.05, 0) is 29.2 Å². The van der Waals surface area contributed by atoms with Gasteiger partial charge >= 0.3 is 5.97 Å². The van der Waals surface area contributed by atoms with E-state index in [1.54, 1.807) is 19.1 Å². The molecule has 0 unspecified atom stereocenters. The van der Waals surface area contributed by atoms with Crippen molar-refractivity contribution >= 4 is 28.6 Å². The molecule has 6 nitrogen and oxygen atoms in total. The first-order valence-corrected chi connectivity index (χ1v) is 9.80. The van der Waals surface area contributed by atoms with Crippen LogP contribution >= 0.6 is 0 Å². The average molecular weight is 403 g/mol. The number of rotatable bonds is 5.